The van der Waals surface area contributed by atoms with E-state index in [-0.39, 0.29) is 0 Å². The van der Waals surface area contributed by atoms with Gasteiger partial charge in [-0.2, -0.15) is 0 Å². The highest BCUT2D eigenvalue weighted by atomic mass is 16.5. The first-order valence-electron chi connectivity index (χ1n) is 5.08. The zero-order valence-corrected chi connectivity index (χ0v) is 8.55. The highest BCUT2D eigenvalue weighted by Gasteiger charge is 2.05. The summed E-state index contributed by atoms with van der Waals surface area (Å²) in [5.41, 5.74) is 0.841. The van der Waals surface area contributed by atoms with Crippen LogP contribution in [-0.2, 0) is 0 Å². The number of nitrogens with one attached hydrogen (secondary N) is 1. The molecule has 2 heterocycles. The van der Waals surface area contributed by atoms with Crippen LogP contribution in [0.3, 0.4) is 0 Å². The van der Waals surface area contributed by atoms with E-state index in [0.29, 0.717) is 0 Å². The van der Waals surface area contributed by atoms with Crippen molar-refractivity contribution in [1.29, 1.82) is 0 Å². The van der Waals surface area contributed by atoms with Gasteiger partial charge in [0.05, 0.1) is 5.39 Å². The van der Waals surface area contributed by atoms with Gasteiger partial charge in [-0.15, -0.1) is 0 Å². The van der Waals surface area contributed by atoms with Gasteiger partial charge in [0.15, 0.2) is 5.75 Å². The molecule has 3 aromatic rings. The fraction of sp³-hybridized carbons (Fsp3) is 0. The van der Waals surface area contributed by atoms with E-state index in [9.17, 15) is 0 Å². The van der Waals surface area contributed by atoms with Crippen LogP contribution < -0.4 is 4.74 Å². The largest absolute Gasteiger partial charge is 0.455 e. The van der Waals surface area contributed by atoms with Crippen molar-refractivity contribution in [3.8, 4) is 11.5 Å². The smallest absolute Gasteiger partial charge is 0.154 e. The Hall–Kier alpha value is -2.29. The van der Waals surface area contributed by atoms with Crippen LogP contribution in [0.15, 0.2) is 54.9 Å². The van der Waals surface area contributed by atoms with E-state index in [1.54, 1.807) is 6.20 Å². The van der Waals surface area contributed by atoms with Crippen LogP contribution in [0.1, 0.15) is 0 Å². The van der Waals surface area contributed by atoms with E-state index in [1.807, 2.05) is 48.7 Å². The maximum atomic E-state index is 5.76. The fourth-order valence-electron chi connectivity index (χ4n) is 1.63. The summed E-state index contributed by atoms with van der Waals surface area (Å²) in [5.74, 6) is 1.63. The molecule has 0 radical (unpaired) electrons. The second kappa shape index (κ2) is 3.70. The molecule has 16 heavy (non-hydrogen) atoms. The van der Waals surface area contributed by atoms with E-state index in [2.05, 4.69) is 9.97 Å². The highest BCUT2D eigenvalue weighted by Crippen LogP contribution is 2.28. The van der Waals surface area contributed by atoms with Gasteiger partial charge >= 0.3 is 0 Å². The van der Waals surface area contributed by atoms with Gasteiger partial charge in [0.2, 0.25) is 0 Å². The van der Waals surface area contributed by atoms with Gasteiger partial charge in [-0.25, -0.2) is 4.98 Å². The van der Waals surface area contributed by atoms with Gasteiger partial charge in [0.1, 0.15) is 11.4 Å². The van der Waals surface area contributed by atoms with Gasteiger partial charge in [-0.1, -0.05) is 18.2 Å². The minimum absolute atomic E-state index is 0.800. The van der Waals surface area contributed by atoms with Crippen molar-refractivity contribution in [3.05, 3.63) is 54.9 Å². The summed E-state index contributed by atoms with van der Waals surface area (Å²) in [6, 6.07) is 13.6. The van der Waals surface area contributed by atoms with E-state index >= 15 is 0 Å². The lowest BCUT2D eigenvalue weighted by atomic mass is 10.3. The first-order chi connectivity index (χ1) is 7.93. The summed E-state index contributed by atoms with van der Waals surface area (Å²) in [6.07, 6.45) is 3.58. The van der Waals surface area contributed by atoms with Crippen molar-refractivity contribution in [2.24, 2.45) is 0 Å². The van der Waals surface area contributed by atoms with Crippen molar-refractivity contribution < 1.29 is 4.74 Å². The van der Waals surface area contributed by atoms with Crippen molar-refractivity contribution >= 4 is 11.0 Å². The van der Waals surface area contributed by atoms with Gasteiger partial charge in [-0.05, 0) is 24.3 Å². The predicted octanol–water partition coefficient (Wildman–Crippen LogP) is 3.36. The molecule has 3 rings (SSSR count). The molecule has 0 aliphatic rings. The van der Waals surface area contributed by atoms with E-state index in [0.717, 1.165) is 22.5 Å². The minimum atomic E-state index is 0.800. The number of rotatable bonds is 2. The van der Waals surface area contributed by atoms with Gasteiger partial charge in [-0.3, -0.25) is 0 Å². The molecule has 2 aromatic heterocycles. The Morgan fingerprint density at radius 1 is 1.00 bits per heavy atom. The molecule has 0 aliphatic heterocycles. The molecule has 0 fully saturated rings. The van der Waals surface area contributed by atoms with Crippen molar-refractivity contribution in [2.45, 2.75) is 0 Å². The van der Waals surface area contributed by atoms with Crippen molar-refractivity contribution in [1.82, 2.24) is 9.97 Å². The topological polar surface area (TPSA) is 37.9 Å². The second-order valence-electron chi connectivity index (χ2n) is 3.47. The number of pyridine rings is 1. The Bertz CT molecular complexity index is 601. The minimum Gasteiger partial charge on any atom is -0.455 e. The summed E-state index contributed by atoms with van der Waals surface area (Å²) in [4.78, 5) is 7.28. The first kappa shape index (κ1) is 8.97. The second-order valence-corrected chi connectivity index (χ2v) is 3.47. The number of aromatic nitrogens is 2. The number of aromatic amines is 1. The summed E-state index contributed by atoms with van der Waals surface area (Å²) in [7, 11) is 0. The average Bonchev–Trinajstić information content (AvgIpc) is 2.74. The quantitative estimate of drug-likeness (QED) is 0.704. The summed E-state index contributed by atoms with van der Waals surface area (Å²) < 4.78 is 5.76. The third-order valence-electron chi connectivity index (χ3n) is 2.38. The van der Waals surface area contributed by atoms with Crippen LogP contribution in [0.5, 0.6) is 11.5 Å². The monoisotopic (exact) mass is 210 g/mol. The molecule has 0 saturated carbocycles. The number of ether oxygens (including phenoxy) is 1. The molecule has 0 atom stereocenters. The number of nitrogens with zero attached hydrogens (tertiary/aromatic N) is 1. The Morgan fingerprint density at radius 2 is 1.88 bits per heavy atom. The molecule has 0 bridgehead atoms. The fourth-order valence-corrected chi connectivity index (χ4v) is 1.63. The van der Waals surface area contributed by atoms with E-state index < -0.39 is 0 Å². The lowest BCUT2D eigenvalue weighted by molar-refractivity contribution is 0.488. The highest BCUT2D eigenvalue weighted by molar-refractivity contribution is 5.82. The molecular weight excluding hydrogens is 200 g/mol. The van der Waals surface area contributed by atoms with Crippen LogP contribution in [-0.4, -0.2) is 9.97 Å². The normalized spacial score (nSPS) is 10.5. The number of para-hydroxylation sites is 1. The molecule has 3 heteroatoms. The molecular formula is C13H10N2O. The van der Waals surface area contributed by atoms with Crippen molar-refractivity contribution in [2.75, 3.05) is 0 Å². The van der Waals surface area contributed by atoms with Gasteiger partial charge in [0.25, 0.3) is 0 Å². The predicted molar refractivity (Wildman–Crippen MR) is 62.6 cm³/mol. The Balaban J connectivity index is 2.01. The molecule has 3 nitrogen and oxygen atoms in total. The molecule has 1 aromatic carbocycles. The lowest BCUT2D eigenvalue weighted by Gasteiger charge is -2.02. The molecule has 0 saturated heterocycles. The van der Waals surface area contributed by atoms with Crippen LogP contribution in [0.25, 0.3) is 11.0 Å². The van der Waals surface area contributed by atoms with Crippen molar-refractivity contribution in [3.63, 3.8) is 0 Å². The molecule has 78 valence electrons. The number of H-pyrrole nitrogens is 1. The Kier molecular flexibility index (Phi) is 2.07. The van der Waals surface area contributed by atoms with Gasteiger partial charge in [0, 0.05) is 12.4 Å². The third-order valence-corrected chi connectivity index (χ3v) is 2.38. The lowest BCUT2D eigenvalue weighted by Crippen LogP contribution is -1.81. The summed E-state index contributed by atoms with van der Waals surface area (Å²) in [5, 5.41) is 0.992. The Morgan fingerprint density at radius 3 is 2.75 bits per heavy atom. The molecule has 0 amide bonds. The standard InChI is InChI=1S/C13H10N2O/c1-2-5-10(6-3-1)16-12-9-15-13-11(12)7-4-8-14-13/h1-9H,(H,14,15). The third kappa shape index (κ3) is 1.52. The Labute approximate surface area is 92.7 Å². The molecule has 0 unspecified atom stereocenters. The number of hydrogen-bond acceptors (Lipinski definition) is 2. The number of fused-ring (bicyclic) bond motifs is 1. The zero-order valence-electron chi connectivity index (χ0n) is 8.55. The van der Waals surface area contributed by atoms with E-state index in [1.165, 1.54) is 0 Å². The first-order valence-corrected chi connectivity index (χ1v) is 5.08. The zero-order chi connectivity index (χ0) is 10.8. The van der Waals surface area contributed by atoms with Gasteiger partial charge < -0.3 is 9.72 Å². The molecule has 0 spiro atoms. The van der Waals surface area contributed by atoms with E-state index in [4.69, 9.17) is 4.74 Å². The average molecular weight is 210 g/mol. The van der Waals surface area contributed by atoms with Crippen LogP contribution in [0.2, 0.25) is 0 Å². The number of benzene rings is 1. The van der Waals surface area contributed by atoms with Crippen LogP contribution in [0.4, 0.5) is 0 Å². The molecule has 1 N–H and O–H groups in total. The number of hydrogen-bond donors (Lipinski definition) is 1. The summed E-state index contributed by atoms with van der Waals surface area (Å²) >= 11 is 0. The maximum Gasteiger partial charge on any atom is 0.154 e. The SMILES string of the molecule is c1ccc(Oc2c[nH]c3ncccc23)cc1. The molecule has 0 aliphatic carbocycles. The van der Waals surface area contributed by atoms with Crippen LogP contribution in [0, 0.1) is 0 Å². The van der Waals surface area contributed by atoms with Crippen LogP contribution >= 0.6 is 0 Å². The summed E-state index contributed by atoms with van der Waals surface area (Å²) in [6.45, 7) is 0. The maximum absolute atomic E-state index is 5.76.